The van der Waals surface area contributed by atoms with Crippen molar-refractivity contribution >= 4 is 43.5 Å². The number of rotatable bonds is 4. The van der Waals surface area contributed by atoms with E-state index in [2.05, 4.69) is 191 Å². The van der Waals surface area contributed by atoms with Crippen LogP contribution in [-0.4, -0.2) is 44.4 Å². The van der Waals surface area contributed by atoms with Gasteiger partial charge in [0.25, 0.3) is 0 Å². The number of pyridine rings is 4. The molecule has 2 N–H and O–H groups in total. The van der Waals surface area contributed by atoms with E-state index in [0.717, 1.165) is 92.7 Å². The Labute approximate surface area is 499 Å². The first-order valence-corrected chi connectivity index (χ1v) is 26.0. The van der Waals surface area contributed by atoms with Crippen molar-refractivity contribution in [1.82, 2.24) is 19.9 Å². The number of furan rings is 2. The van der Waals surface area contributed by atoms with Crippen molar-refractivity contribution in [1.29, 1.82) is 0 Å². The molecular weight excluding hydrogens is 1350 g/mol. The minimum absolute atomic E-state index is 0. The minimum atomic E-state index is 0. The molecule has 0 aliphatic carbocycles. The summed E-state index contributed by atoms with van der Waals surface area (Å²) in [4.78, 5) is 18.0. The van der Waals surface area contributed by atoms with Crippen molar-refractivity contribution in [2.45, 2.75) is 80.1 Å². The zero-order valence-electron chi connectivity index (χ0n) is 47.6. The molecule has 0 bridgehead atoms. The van der Waals surface area contributed by atoms with Crippen LogP contribution in [-0.2, 0) is 51.0 Å². The summed E-state index contributed by atoms with van der Waals surface area (Å²) in [6.07, 6.45) is 7.29. The molecule has 2 radical (unpaired) electrons. The molecule has 0 amide bonds. The average molecular weight is 1410 g/mol. The molecule has 10 heteroatoms. The van der Waals surface area contributed by atoms with Crippen LogP contribution in [0.3, 0.4) is 0 Å². The molecular formula is C70H69Ir2N4O4-3. The van der Waals surface area contributed by atoms with Gasteiger partial charge in [-0.2, -0.15) is 0 Å². The molecule has 0 spiro atoms. The van der Waals surface area contributed by atoms with Crippen molar-refractivity contribution in [3.05, 3.63) is 241 Å². The van der Waals surface area contributed by atoms with Crippen LogP contribution in [0.15, 0.2) is 197 Å². The molecule has 0 unspecified atom stereocenters. The number of benzene rings is 6. The maximum absolute atomic E-state index is 7.00. The molecule has 12 rings (SSSR count). The molecule has 0 atom stereocenters. The van der Waals surface area contributed by atoms with Gasteiger partial charge >= 0.3 is 0 Å². The second kappa shape index (κ2) is 29.3. The summed E-state index contributed by atoms with van der Waals surface area (Å²) in [7, 11) is 2.00. The van der Waals surface area contributed by atoms with Gasteiger partial charge < -0.3 is 34.0 Å². The normalized spacial score (nSPS) is 10.7. The van der Waals surface area contributed by atoms with E-state index in [0.29, 0.717) is 0 Å². The first-order valence-electron chi connectivity index (χ1n) is 26.0. The molecule has 6 aromatic carbocycles. The summed E-state index contributed by atoms with van der Waals surface area (Å²) >= 11 is 0. The molecule has 80 heavy (non-hydrogen) atoms. The van der Waals surface area contributed by atoms with Crippen molar-refractivity contribution in [2.24, 2.45) is 0 Å². The van der Waals surface area contributed by atoms with Crippen LogP contribution in [0.4, 0.5) is 0 Å². The fourth-order valence-corrected chi connectivity index (χ4v) is 8.76. The van der Waals surface area contributed by atoms with Gasteiger partial charge in [0, 0.05) is 95.6 Å². The van der Waals surface area contributed by atoms with Crippen LogP contribution in [0.5, 0.6) is 0 Å². The van der Waals surface area contributed by atoms with E-state index < -0.39 is 0 Å². The number of fused-ring (bicyclic) bond motifs is 4. The third-order valence-corrected chi connectivity index (χ3v) is 12.9. The summed E-state index contributed by atoms with van der Waals surface area (Å²) in [6, 6.07) is 65.8. The Kier molecular flexibility index (Phi) is 23.3. The van der Waals surface area contributed by atoms with Gasteiger partial charge in [0.1, 0.15) is 22.7 Å². The van der Waals surface area contributed by atoms with Crippen LogP contribution in [0.1, 0.15) is 75.3 Å². The number of aliphatic hydroxyl groups excluding tert-OH is 2. The van der Waals surface area contributed by atoms with Crippen LogP contribution >= 0.6 is 0 Å². The van der Waals surface area contributed by atoms with Crippen molar-refractivity contribution in [3.63, 3.8) is 0 Å². The standard InChI is InChI=1S/C18H19NO.C18H18NO.2C16H12N.2CH4O.2Ir/c2*1-12-11-15-16(20-12)9-10-19-17(15)13-5-7-14(8-6-13)18(2,3)4;2*1-12-6-8-14(9-7-12)16-15-5-3-2-4-13(15)10-11-17-16;2*1-2;;/h5-11H,1-4H3;5,7-11H,1-4H3;2*2-8,10-11H,1H3;2*2H,1H3;;/q;3*-1;;;;. The van der Waals surface area contributed by atoms with Gasteiger partial charge in [0.2, 0.25) is 0 Å². The van der Waals surface area contributed by atoms with Gasteiger partial charge in [0.15, 0.2) is 0 Å². The largest absolute Gasteiger partial charge is 0.462 e. The molecule has 12 aromatic rings. The summed E-state index contributed by atoms with van der Waals surface area (Å²) in [5.74, 6) is 1.82. The van der Waals surface area contributed by atoms with Crippen molar-refractivity contribution in [3.8, 4) is 45.0 Å². The quantitative estimate of drug-likeness (QED) is 0.167. The zero-order chi connectivity index (χ0) is 56.0. The Balaban J connectivity index is 0.000000191. The Bertz CT molecular complexity index is 3570. The number of aryl methyl sites for hydroxylation is 4. The number of hydrogen-bond acceptors (Lipinski definition) is 8. The van der Waals surface area contributed by atoms with Crippen LogP contribution < -0.4 is 0 Å². The van der Waals surface area contributed by atoms with Crippen molar-refractivity contribution in [2.75, 3.05) is 14.2 Å². The zero-order valence-corrected chi connectivity index (χ0v) is 52.4. The van der Waals surface area contributed by atoms with E-state index in [4.69, 9.17) is 19.0 Å². The molecule has 0 saturated carbocycles. The summed E-state index contributed by atoms with van der Waals surface area (Å²) in [5, 5.41) is 20.9. The number of aliphatic hydroxyl groups is 2. The molecule has 0 fully saturated rings. The minimum Gasteiger partial charge on any atom is -0.462 e. The van der Waals surface area contributed by atoms with Crippen LogP contribution in [0.2, 0.25) is 0 Å². The molecule has 0 aliphatic heterocycles. The maximum Gasteiger partial charge on any atom is 0.137 e. The van der Waals surface area contributed by atoms with Gasteiger partial charge in [-0.15, -0.1) is 106 Å². The fourth-order valence-electron chi connectivity index (χ4n) is 8.76. The van der Waals surface area contributed by atoms with Gasteiger partial charge in [-0.25, -0.2) is 0 Å². The first kappa shape index (κ1) is 63.6. The number of nitrogens with zero attached hydrogens (tertiary/aromatic N) is 4. The third-order valence-electron chi connectivity index (χ3n) is 12.9. The first-order chi connectivity index (χ1) is 37.6. The second-order valence-corrected chi connectivity index (χ2v) is 20.7. The predicted octanol–water partition coefficient (Wildman–Crippen LogP) is 17.2. The second-order valence-electron chi connectivity index (χ2n) is 20.7. The SMILES string of the molecule is CO.CO.Cc1c[c-]c(-c2nccc3ccccc23)cc1.Cc1c[c-]c(-c2nccc3ccccc23)cc1.Cc1cc2c(-c3[c-]cc(C(C)(C)C)cc3)nccc2o1.Cc1cc2c(-c3ccc(C(C)(C)C)cc3)nccc2o1.[Ir].[Ir]. The number of hydrogen-bond donors (Lipinski definition) is 2. The maximum atomic E-state index is 7.00. The van der Waals surface area contributed by atoms with Crippen LogP contribution in [0.25, 0.3) is 88.5 Å². The predicted molar refractivity (Wildman–Crippen MR) is 322 cm³/mol. The Morgan fingerprint density at radius 2 is 0.738 bits per heavy atom. The molecule has 0 aliphatic rings. The summed E-state index contributed by atoms with van der Waals surface area (Å²) in [6.45, 7) is 21.3. The Hall–Kier alpha value is -7.26. The summed E-state index contributed by atoms with van der Waals surface area (Å²) in [5.41, 5.74) is 15.3. The Morgan fingerprint density at radius 1 is 0.375 bits per heavy atom. The van der Waals surface area contributed by atoms with E-state index in [-0.39, 0.29) is 51.0 Å². The number of aromatic nitrogens is 4. The van der Waals surface area contributed by atoms with Gasteiger partial charge in [-0.05, 0) is 105 Å². The van der Waals surface area contributed by atoms with E-state index >= 15 is 0 Å². The molecule has 6 aromatic heterocycles. The van der Waals surface area contributed by atoms with Gasteiger partial charge in [0.05, 0.1) is 5.69 Å². The topological polar surface area (TPSA) is 118 Å². The third kappa shape index (κ3) is 16.0. The van der Waals surface area contributed by atoms with E-state index in [1.54, 1.807) is 12.4 Å². The Morgan fingerprint density at radius 3 is 1.14 bits per heavy atom. The van der Waals surface area contributed by atoms with Crippen LogP contribution in [0, 0.1) is 45.9 Å². The van der Waals surface area contributed by atoms with Gasteiger partial charge in [-0.1, -0.05) is 128 Å². The van der Waals surface area contributed by atoms with E-state index in [9.17, 15) is 0 Å². The van der Waals surface area contributed by atoms with E-state index in [1.165, 1.54) is 43.8 Å². The summed E-state index contributed by atoms with van der Waals surface area (Å²) < 4.78 is 11.3. The van der Waals surface area contributed by atoms with Crippen molar-refractivity contribution < 1.29 is 59.3 Å². The fraction of sp³-hybridized carbons (Fsp3) is 0.200. The average Bonchev–Trinajstić information content (AvgIpc) is 4.07. The smallest absolute Gasteiger partial charge is 0.137 e. The molecule has 0 saturated heterocycles. The molecule has 6 heterocycles. The van der Waals surface area contributed by atoms with E-state index in [1.807, 2.05) is 93.0 Å². The molecule has 8 nitrogen and oxygen atoms in total. The monoisotopic (exact) mass is 1420 g/mol. The molecule has 414 valence electrons. The van der Waals surface area contributed by atoms with Gasteiger partial charge in [-0.3, -0.25) is 4.98 Å².